The van der Waals surface area contributed by atoms with Crippen LogP contribution in [0.25, 0.3) is 0 Å². The van der Waals surface area contributed by atoms with Crippen molar-refractivity contribution in [2.75, 3.05) is 24.7 Å². The van der Waals surface area contributed by atoms with Crippen LogP contribution in [0.15, 0.2) is 12.1 Å². The van der Waals surface area contributed by atoms with E-state index >= 15 is 0 Å². The zero-order valence-corrected chi connectivity index (χ0v) is 12.0. The fourth-order valence-corrected chi connectivity index (χ4v) is 1.89. The average Bonchev–Trinajstić information content (AvgIpc) is 2.25. The van der Waals surface area contributed by atoms with Crippen LogP contribution in [0, 0.1) is 11.2 Å². The third-order valence-corrected chi connectivity index (χ3v) is 2.70. The van der Waals surface area contributed by atoms with Gasteiger partial charge in [0.05, 0.1) is 24.6 Å². The van der Waals surface area contributed by atoms with Crippen LogP contribution in [-0.4, -0.2) is 24.9 Å². The van der Waals surface area contributed by atoms with Crippen LogP contribution in [0.4, 0.5) is 15.8 Å². The number of hydrogen-bond donors (Lipinski definition) is 3. The van der Waals surface area contributed by atoms with E-state index in [0.717, 1.165) is 0 Å². The van der Waals surface area contributed by atoms with Gasteiger partial charge in [0.2, 0.25) is 0 Å². The lowest BCUT2D eigenvalue weighted by Crippen LogP contribution is -2.25. The molecule has 1 aromatic carbocycles. The molecule has 19 heavy (non-hydrogen) atoms. The molecule has 1 rings (SSSR count). The van der Waals surface area contributed by atoms with Crippen LogP contribution >= 0.6 is 0 Å². The highest BCUT2D eigenvalue weighted by molar-refractivity contribution is 5.68. The monoisotopic (exact) mass is 270 g/mol. The van der Waals surface area contributed by atoms with Crippen molar-refractivity contribution in [3.63, 3.8) is 0 Å². The van der Waals surface area contributed by atoms with Gasteiger partial charge in [-0.25, -0.2) is 4.39 Å². The fraction of sp³-hybridized carbons (Fsp3) is 0.571. The number of rotatable bonds is 5. The molecule has 1 unspecified atom stereocenters. The quantitative estimate of drug-likeness (QED) is 0.719. The molecule has 5 heteroatoms. The van der Waals surface area contributed by atoms with Crippen LogP contribution in [0.5, 0.6) is 5.75 Å². The van der Waals surface area contributed by atoms with E-state index in [2.05, 4.69) is 26.1 Å². The van der Waals surface area contributed by atoms with Gasteiger partial charge in [0, 0.05) is 18.7 Å². The highest BCUT2D eigenvalue weighted by Gasteiger charge is 2.17. The van der Waals surface area contributed by atoms with Crippen molar-refractivity contribution in [3.8, 4) is 5.75 Å². The molecule has 0 aliphatic carbocycles. The summed E-state index contributed by atoms with van der Waals surface area (Å²) in [4.78, 5) is 0. The molecule has 0 bridgehead atoms. The molecule has 0 saturated carbocycles. The maximum absolute atomic E-state index is 13.4. The minimum atomic E-state index is -0.499. The molecule has 4 N–H and O–H groups in total. The molecule has 0 aromatic heterocycles. The maximum Gasteiger partial charge on any atom is 0.167 e. The summed E-state index contributed by atoms with van der Waals surface area (Å²) in [5.74, 6) is -0.372. The Balaban J connectivity index is 2.67. The lowest BCUT2D eigenvalue weighted by Gasteiger charge is -2.23. The zero-order chi connectivity index (χ0) is 14.6. The second kappa shape index (κ2) is 6.10. The number of nitrogens with two attached hydrogens (primary N) is 1. The van der Waals surface area contributed by atoms with E-state index in [1.165, 1.54) is 19.2 Å². The molecular formula is C14H23FN2O2. The lowest BCUT2D eigenvalue weighted by molar-refractivity contribution is 0.132. The van der Waals surface area contributed by atoms with Crippen LogP contribution < -0.4 is 15.8 Å². The summed E-state index contributed by atoms with van der Waals surface area (Å²) in [5, 5.41) is 12.9. The first kappa shape index (κ1) is 15.6. The summed E-state index contributed by atoms with van der Waals surface area (Å²) in [5.41, 5.74) is 6.62. The third kappa shape index (κ3) is 4.95. The number of anilines is 2. The minimum Gasteiger partial charge on any atom is -0.494 e. The largest absolute Gasteiger partial charge is 0.494 e. The molecule has 1 aromatic rings. The van der Waals surface area contributed by atoms with E-state index in [9.17, 15) is 9.50 Å². The third-order valence-electron chi connectivity index (χ3n) is 2.70. The lowest BCUT2D eigenvalue weighted by atomic mass is 9.89. The summed E-state index contributed by atoms with van der Waals surface area (Å²) >= 11 is 0. The smallest absolute Gasteiger partial charge is 0.167 e. The Morgan fingerprint density at radius 3 is 2.58 bits per heavy atom. The van der Waals surface area contributed by atoms with Gasteiger partial charge in [0.25, 0.3) is 0 Å². The van der Waals surface area contributed by atoms with Gasteiger partial charge in [-0.05, 0) is 11.8 Å². The first-order chi connectivity index (χ1) is 8.73. The molecule has 0 radical (unpaired) electrons. The summed E-state index contributed by atoms with van der Waals surface area (Å²) in [7, 11) is 1.40. The number of methoxy groups -OCH3 is 1. The Hall–Kier alpha value is -1.49. The van der Waals surface area contributed by atoms with Crippen molar-refractivity contribution in [2.24, 2.45) is 5.41 Å². The summed E-state index contributed by atoms with van der Waals surface area (Å²) < 4.78 is 18.3. The molecule has 0 fully saturated rings. The van der Waals surface area contributed by atoms with Crippen molar-refractivity contribution in [2.45, 2.75) is 33.3 Å². The summed E-state index contributed by atoms with van der Waals surface area (Å²) in [6.07, 6.45) is 0.175. The Bertz CT molecular complexity index is 430. The Morgan fingerprint density at radius 1 is 1.42 bits per heavy atom. The molecular weight excluding hydrogens is 247 g/mol. The Labute approximate surface area is 113 Å². The SMILES string of the molecule is COc1cc(NCC(O)CC(C)(C)C)c(N)cc1F. The standard InChI is InChI=1S/C14H23FN2O2/c1-14(2,3)7-9(18)8-17-12-6-13(19-4)10(15)5-11(12)16/h5-6,9,17-18H,7-8,16H2,1-4H3. The summed E-state index contributed by atoms with van der Waals surface area (Å²) in [6.45, 7) is 6.54. The van der Waals surface area contributed by atoms with Gasteiger partial charge >= 0.3 is 0 Å². The maximum atomic E-state index is 13.4. The van der Waals surface area contributed by atoms with Gasteiger partial charge in [-0.3, -0.25) is 0 Å². The normalized spacial score (nSPS) is 13.2. The number of nitrogen functional groups attached to an aromatic ring is 1. The highest BCUT2D eigenvalue weighted by atomic mass is 19.1. The molecule has 0 amide bonds. The van der Waals surface area contributed by atoms with Crippen molar-refractivity contribution >= 4 is 11.4 Å². The van der Waals surface area contributed by atoms with E-state index in [0.29, 0.717) is 24.3 Å². The number of nitrogens with one attached hydrogen (secondary N) is 1. The van der Waals surface area contributed by atoms with Gasteiger partial charge in [0.15, 0.2) is 11.6 Å². The minimum absolute atomic E-state index is 0.0487. The number of ether oxygens (including phenoxy) is 1. The molecule has 4 nitrogen and oxygen atoms in total. The number of hydrogen-bond acceptors (Lipinski definition) is 4. The number of benzene rings is 1. The van der Waals surface area contributed by atoms with Gasteiger partial charge in [-0.2, -0.15) is 0 Å². The average molecular weight is 270 g/mol. The highest BCUT2D eigenvalue weighted by Crippen LogP contribution is 2.28. The Kier molecular flexibility index (Phi) is 5.00. The summed E-state index contributed by atoms with van der Waals surface area (Å²) in [6, 6.07) is 2.70. The van der Waals surface area contributed by atoms with Crippen molar-refractivity contribution < 1.29 is 14.2 Å². The van der Waals surface area contributed by atoms with Crippen molar-refractivity contribution in [1.82, 2.24) is 0 Å². The molecule has 0 saturated heterocycles. The number of halogens is 1. The first-order valence-electron chi connectivity index (χ1n) is 6.28. The second-order valence-electron chi connectivity index (χ2n) is 5.87. The zero-order valence-electron chi connectivity index (χ0n) is 12.0. The van der Waals surface area contributed by atoms with Crippen LogP contribution in [0.3, 0.4) is 0 Å². The topological polar surface area (TPSA) is 67.5 Å². The fourth-order valence-electron chi connectivity index (χ4n) is 1.89. The van der Waals surface area contributed by atoms with E-state index < -0.39 is 11.9 Å². The van der Waals surface area contributed by atoms with Gasteiger partial charge in [-0.15, -0.1) is 0 Å². The number of aliphatic hydroxyl groups is 1. The Morgan fingerprint density at radius 2 is 2.05 bits per heavy atom. The van der Waals surface area contributed by atoms with E-state index in [1.54, 1.807) is 0 Å². The predicted molar refractivity (Wildman–Crippen MR) is 75.9 cm³/mol. The van der Waals surface area contributed by atoms with E-state index in [4.69, 9.17) is 10.5 Å². The van der Waals surface area contributed by atoms with Crippen molar-refractivity contribution in [3.05, 3.63) is 17.9 Å². The molecule has 1 atom stereocenters. The van der Waals surface area contributed by atoms with Crippen LogP contribution in [0.1, 0.15) is 27.2 Å². The molecule has 0 spiro atoms. The molecule has 0 aliphatic heterocycles. The van der Waals surface area contributed by atoms with Gasteiger partial charge in [-0.1, -0.05) is 20.8 Å². The van der Waals surface area contributed by atoms with Crippen molar-refractivity contribution in [1.29, 1.82) is 0 Å². The van der Waals surface area contributed by atoms with E-state index in [1.807, 2.05) is 0 Å². The van der Waals surface area contributed by atoms with Gasteiger partial charge < -0.3 is 20.9 Å². The first-order valence-corrected chi connectivity index (χ1v) is 6.28. The number of aliphatic hydroxyl groups excluding tert-OH is 1. The molecule has 0 aliphatic rings. The van der Waals surface area contributed by atoms with Gasteiger partial charge in [0.1, 0.15) is 0 Å². The van der Waals surface area contributed by atoms with E-state index in [-0.39, 0.29) is 11.2 Å². The second-order valence-corrected chi connectivity index (χ2v) is 5.87. The van der Waals surface area contributed by atoms with Crippen LogP contribution in [-0.2, 0) is 0 Å². The molecule has 0 heterocycles. The predicted octanol–water partition coefficient (Wildman–Crippen LogP) is 2.63. The molecule has 108 valence electrons. The van der Waals surface area contributed by atoms with Crippen LogP contribution in [0.2, 0.25) is 0 Å².